The molecule has 130 valence electrons. The van der Waals surface area contributed by atoms with Crippen LogP contribution in [0.3, 0.4) is 0 Å². The number of carbonyl (C=O) groups is 1. The summed E-state index contributed by atoms with van der Waals surface area (Å²) in [6, 6.07) is 5.58. The third kappa shape index (κ3) is 3.69. The van der Waals surface area contributed by atoms with E-state index in [1.165, 1.54) is 0 Å². The molecule has 0 spiro atoms. The van der Waals surface area contributed by atoms with Crippen LogP contribution in [-0.4, -0.2) is 46.7 Å². The zero-order valence-corrected chi connectivity index (χ0v) is 13.2. The van der Waals surface area contributed by atoms with Crippen LogP contribution in [0.25, 0.3) is 11.0 Å². The number of H-pyrrole nitrogens is 1. The van der Waals surface area contributed by atoms with Crippen LogP contribution >= 0.6 is 0 Å². The standard InChI is InChI=1S/C16H18F3N3O2/c1-10-4-5-11-12(7-10)21-15(20-11)13-3-2-6-22(13)14(23)8-24-9-16(17,18)19/h4-5,7,13H,2-3,6,8-9H2,1H3,(H,20,21). The van der Waals surface area contributed by atoms with Crippen molar-refractivity contribution in [3.8, 4) is 0 Å². The van der Waals surface area contributed by atoms with Crippen LogP contribution < -0.4 is 0 Å². The predicted molar refractivity (Wildman–Crippen MR) is 81.4 cm³/mol. The Bertz CT molecular complexity index is 742. The van der Waals surface area contributed by atoms with E-state index in [0.29, 0.717) is 12.4 Å². The molecule has 1 aromatic carbocycles. The number of hydrogen-bond donors (Lipinski definition) is 1. The quantitative estimate of drug-likeness (QED) is 0.930. The Kier molecular flexibility index (Phi) is 4.49. The average molecular weight is 341 g/mol. The fourth-order valence-corrected chi connectivity index (χ4v) is 2.99. The summed E-state index contributed by atoms with van der Waals surface area (Å²) in [5.41, 5.74) is 2.79. The molecule has 5 nitrogen and oxygen atoms in total. The highest BCUT2D eigenvalue weighted by atomic mass is 19.4. The summed E-state index contributed by atoms with van der Waals surface area (Å²) in [4.78, 5) is 21.5. The second kappa shape index (κ2) is 6.43. The van der Waals surface area contributed by atoms with Gasteiger partial charge < -0.3 is 14.6 Å². The minimum Gasteiger partial charge on any atom is -0.362 e. The molecule has 1 amide bonds. The van der Waals surface area contributed by atoms with Gasteiger partial charge in [0.1, 0.15) is 19.0 Å². The second-order valence-electron chi connectivity index (χ2n) is 6.00. The summed E-state index contributed by atoms with van der Waals surface area (Å²) < 4.78 is 40.8. The number of fused-ring (bicyclic) bond motifs is 1. The number of carbonyl (C=O) groups excluding carboxylic acids is 1. The number of aryl methyl sites for hydroxylation is 1. The van der Waals surface area contributed by atoms with E-state index in [4.69, 9.17) is 0 Å². The molecule has 1 fully saturated rings. The maximum atomic E-state index is 12.2. The molecule has 2 aromatic rings. The fourth-order valence-electron chi connectivity index (χ4n) is 2.99. The number of aromatic nitrogens is 2. The van der Waals surface area contributed by atoms with E-state index in [1.54, 1.807) is 4.90 Å². The third-order valence-electron chi connectivity index (χ3n) is 4.04. The van der Waals surface area contributed by atoms with Gasteiger partial charge in [0.25, 0.3) is 0 Å². The maximum absolute atomic E-state index is 12.2. The normalized spacial score (nSPS) is 18.5. The number of benzene rings is 1. The monoisotopic (exact) mass is 341 g/mol. The van der Waals surface area contributed by atoms with E-state index in [2.05, 4.69) is 14.7 Å². The van der Waals surface area contributed by atoms with Crippen LogP contribution in [0.15, 0.2) is 18.2 Å². The van der Waals surface area contributed by atoms with Gasteiger partial charge in [-0.2, -0.15) is 13.2 Å². The van der Waals surface area contributed by atoms with Gasteiger partial charge in [-0.3, -0.25) is 4.79 Å². The minimum absolute atomic E-state index is 0.250. The molecular weight excluding hydrogens is 323 g/mol. The number of imidazole rings is 1. The number of rotatable bonds is 4. The smallest absolute Gasteiger partial charge is 0.362 e. The zero-order chi connectivity index (χ0) is 17.3. The summed E-state index contributed by atoms with van der Waals surface area (Å²) in [6.07, 6.45) is -2.92. The lowest BCUT2D eigenvalue weighted by Crippen LogP contribution is -2.35. The lowest BCUT2D eigenvalue weighted by Gasteiger charge is -2.23. The van der Waals surface area contributed by atoms with Crippen LogP contribution in [0.2, 0.25) is 0 Å². The van der Waals surface area contributed by atoms with Gasteiger partial charge in [0.05, 0.1) is 17.1 Å². The number of nitrogens with one attached hydrogen (secondary N) is 1. The molecule has 8 heteroatoms. The molecule has 1 saturated heterocycles. The van der Waals surface area contributed by atoms with Crippen molar-refractivity contribution in [2.45, 2.75) is 32.0 Å². The van der Waals surface area contributed by atoms with Gasteiger partial charge in [-0.1, -0.05) is 6.07 Å². The number of alkyl halides is 3. The van der Waals surface area contributed by atoms with Crippen molar-refractivity contribution < 1.29 is 22.7 Å². The van der Waals surface area contributed by atoms with E-state index in [1.807, 2.05) is 25.1 Å². The number of halogens is 3. The Morgan fingerprint density at radius 1 is 1.46 bits per heavy atom. The highest BCUT2D eigenvalue weighted by Crippen LogP contribution is 2.31. The molecule has 1 atom stereocenters. The summed E-state index contributed by atoms with van der Waals surface area (Å²) in [5, 5.41) is 0. The average Bonchev–Trinajstić information content (AvgIpc) is 3.11. The first-order valence-electron chi connectivity index (χ1n) is 7.74. The van der Waals surface area contributed by atoms with Crippen LogP contribution in [0.4, 0.5) is 13.2 Å². The predicted octanol–water partition coefficient (Wildman–Crippen LogP) is 3.11. The molecular formula is C16H18F3N3O2. The van der Waals surface area contributed by atoms with Crippen molar-refractivity contribution in [2.24, 2.45) is 0 Å². The Balaban J connectivity index is 1.71. The first kappa shape index (κ1) is 16.8. The summed E-state index contributed by atoms with van der Waals surface area (Å²) >= 11 is 0. The van der Waals surface area contributed by atoms with E-state index in [-0.39, 0.29) is 6.04 Å². The topological polar surface area (TPSA) is 58.2 Å². The van der Waals surface area contributed by atoms with Crippen LogP contribution in [0.1, 0.15) is 30.3 Å². The lowest BCUT2D eigenvalue weighted by atomic mass is 10.2. The number of likely N-dealkylation sites (tertiary alicyclic amines) is 1. The van der Waals surface area contributed by atoms with E-state index in [0.717, 1.165) is 29.4 Å². The van der Waals surface area contributed by atoms with Crippen molar-refractivity contribution in [3.63, 3.8) is 0 Å². The molecule has 1 aliphatic rings. The fraction of sp³-hybridized carbons (Fsp3) is 0.500. The molecule has 2 heterocycles. The number of hydrogen-bond acceptors (Lipinski definition) is 3. The van der Waals surface area contributed by atoms with Gasteiger partial charge in [-0.15, -0.1) is 0 Å². The Morgan fingerprint density at radius 2 is 2.25 bits per heavy atom. The largest absolute Gasteiger partial charge is 0.411 e. The van der Waals surface area contributed by atoms with Crippen molar-refractivity contribution in [1.82, 2.24) is 14.9 Å². The number of nitrogens with zero attached hydrogens (tertiary/aromatic N) is 2. The minimum atomic E-state index is -4.43. The van der Waals surface area contributed by atoms with Crippen LogP contribution in [0, 0.1) is 6.92 Å². The van der Waals surface area contributed by atoms with Crippen molar-refractivity contribution in [2.75, 3.05) is 19.8 Å². The second-order valence-corrected chi connectivity index (χ2v) is 6.00. The molecule has 0 saturated carbocycles. The van der Waals surface area contributed by atoms with Crippen molar-refractivity contribution >= 4 is 16.9 Å². The lowest BCUT2D eigenvalue weighted by molar-refractivity contribution is -0.178. The van der Waals surface area contributed by atoms with Gasteiger partial charge in [0.2, 0.25) is 5.91 Å². The molecule has 1 aliphatic heterocycles. The Labute approximate surface area is 136 Å². The number of amides is 1. The summed E-state index contributed by atoms with van der Waals surface area (Å²) in [6.45, 7) is 0.481. The highest BCUT2D eigenvalue weighted by Gasteiger charge is 2.33. The molecule has 1 unspecified atom stereocenters. The van der Waals surface area contributed by atoms with E-state index in [9.17, 15) is 18.0 Å². The van der Waals surface area contributed by atoms with Crippen molar-refractivity contribution in [1.29, 1.82) is 0 Å². The maximum Gasteiger partial charge on any atom is 0.411 e. The molecule has 0 aliphatic carbocycles. The number of aromatic amines is 1. The van der Waals surface area contributed by atoms with Gasteiger partial charge in [-0.05, 0) is 37.5 Å². The highest BCUT2D eigenvalue weighted by molar-refractivity contribution is 5.79. The van der Waals surface area contributed by atoms with E-state index >= 15 is 0 Å². The zero-order valence-electron chi connectivity index (χ0n) is 13.2. The van der Waals surface area contributed by atoms with Crippen molar-refractivity contribution in [3.05, 3.63) is 29.6 Å². The molecule has 24 heavy (non-hydrogen) atoms. The molecule has 3 rings (SSSR count). The third-order valence-corrected chi connectivity index (χ3v) is 4.04. The Morgan fingerprint density at radius 3 is 3.00 bits per heavy atom. The first-order chi connectivity index (χ1) is 11.3. The SMILES string of the molecule is Cc1ccc2nc(C3CCCN3C(=O)COCC(F)(F)F)[nH]c2c1. The Hall–Kier alpha value is -2.09. The molecule has 0 radical (unpaired) electrons. The van der Waals surface area contributed by atoms with Gasteiger partial charge in [0.15, 0.2) is 0 Å². The van der Waals surface area contributed by atoms with Crippen LogP contribution in [-0.2, 0) is 9.53 Å². The molecule has 0 bridgehead atoms. The van der Waals surface area contributed by atoms with Gasteiger partial charge in [0, 0.05) is 6.54 Å². The van der Waals surface area contributed by atoms with Gasteiger partial charge >= 0.3 is 6.18 Å². The van der Waals surface area contributed by atoms with Crippen LogP contribution in [0.5, 0.6) is 0 Å². The van der Waals surface area contributed by atoms with Gasteiger partial charge in [-0.25, -0.2) is 4.98 Å². The summed E-state index contributed by atoms with van der Waals surface area (Å²) in [7, 11) is 0. The first-order valence-corrected chi connectivity index (χ1v) is 7.74. The molecule has 1 N–H and O–H groups in total. The molecule has 1 aromatic heterocycles. The summed E-state index contributed by atoms with van der Waals surface area (Å²) in [5.74, 6) is 0.218. The van der Waals surface area contributed by atoms with E-state index < -0.39 is 25.3 Å². The number of ether oxygens (including phenoxy) is 1.